The molecule has 0 saturated heterocycles. The van der Waals surface area contributed by atoms with E-state index in [1.807, 2.05) is 6.07 Å². The number of fused-ring (bicyclic) bond motifs is 1. The molecule has 2 unspecified atom stereocenters. The second kappa shape index (κ2) is 4.02. The van der Waals surface area contributed by atoms with Crippen molar-refractivity contribution in [1.29, 1.82) is 0 Å². The lowest BCUT2D eigenvalue weighted by molar-refractivity contribution is 0.343. The molecule has 17 heavy (non-hydrogen) atoms. The van der Waals surface area contributed by atoms with Gasteiger partial charge in [-0.1, -0.05) is 37.3 Å². The fourth-order valence-corrected chi connectivity index (χ4v) is 2.80. The van der Waals surface area contributed by atoms with E-state index in [1.54, 1.807) is 0 Å². The van der Waals surface area contributed by atoms with E-state index in [2.05, 4.69) is 48.9 Å². The summed E-state index contributed by atoms with van der Waals surface area (Å²) in [6, 6.07) is 11.0. The van der Waals surface area contributed by atoms with Gasteiger partial charge in [-0.2, -0.15) is 0 Å². The summed E-state index contributed by atoms with van der Waals surface area (Å²) in [5, 5.41) is 0. The third kappa shape index (κ3) is 1.88. The van der Waals surface area contributed by atoms with E-state index in [0.717, 1.165) is 18.0 Å². The zero-order valence-electron chi connectivity index (χ0n) is 10.4. The largest absolute Gasteiger partial charge is 0.331 e. The van der Waals surface area contributed by atoms with E-state index in [9.17, 15) is 0 Å². The summed E-state index contributed by atoms with van der Waals surface area (Å²) in [4.78, 5) is 4.78. The molecule has 0 saturated carbocycles. The molecule has 1 aliphatic heterocycles. The number of rotatable bonds is 1. The second-order valence-electron chi connectivity index (χ2n) is 5.21. The number of hydrogen-bond acceptors (Lipinski definition) is 1. The van der Waals surface area contributed by atoms with E-state index >= 15 is 0 Å². The van der Waals surface area contributed by atoms with Crippen LogP contribution in [0.15, 0.2) is 36.5 Å². The molecule has 1 aromatic carbocycles. The van der Waals surface area contributed by atoms with E-state index in [1.165, 1.54) is 17.8 Å². The van der Waals surface area contributed by atoms with Gasteiger partial charge in [0, 0.05) is 24.2 Å². The molecular formula is C15H18N2. The van der Waals surface area contributed by atoms with E-state index < -0.39 is 0 Å². The van der Waals surface area contributed by atoms with Gasteiger partial charge in [-0.15, -0.1) is 0 Å². The van der Waals surface area contributed by atoms with Gasteiger partial charge < -0.3 is 4.57 Å². The van der Waals surface area contributed by atoms with Crippen LogP contribution >= 0.6 is 0 Å². The SMILES string of the molecule is CC1Cc2nc(-c3ccccc3)cn2C(C)C1. The summed E-state index contributed by atoms with van der Waals surface area (Å²) in [7, 11) is 0. The fraction of sp³-hybridized carbons (Fsp3) is 0.400. The van der Waals surface area contributed by atoms with Gasteiger partial charge in [0.2, 0.25) is 0 Å². The minimum atomic E-state index is 0.582. The first-order valence-electron chi connectivity index (χ1n) is 6.37. The number of nitrogens with zero attached hydrogens (tertiary/aromatic N) is 2. The van der Waals surface area contributed by atoms with Crippen molar-refractivity contribution < 1.29 is 0 Å². The topological polar surface area (TPSA) is 17.8 Å². The molecule has 0 fully saturated rings. The van der Waals surface area contributed by atoms with Gasteiger partial charge in [0.15, 0.2) is 0 Å². The van der Waals surface area contributed by atoms with Crippen molar-refractivity contribution in [2.24, 2.45) is 5.92 Å². The predicted octanol–water partition coefficient (Wildman–Crippen LogP) is 3.69. The Morgan fingerprint density at radius 1 is 1.18 bits per heavy atom. The highest BCUT2D eigenvalue weighted by Gasteiger charge is 2.22. The first-order valence-corrected chi connectivity index (χ1v) is 6.37. The fourth-order valence-electron chi connectivity index (χ4n) is 2.80. The smallest absolute Gasteiger partial charge is 0.109 e. The third-order valence-corrected chi connectivity index (χ3v) is 3.63. The lowest BCUT2D eigenvalue weighted by atomic mass is 9.95. The highest BCUT2D eigenvalue weighted by molar-refractivity contribution is 5.58. The van der Waals surface area contributed by atoms with Crippen LogP contribution in [0.3, 0.4) is 0 Å². The van der Waals surface area contributed by atoms with Crippen LogP contribution in [0, 0.1) is 5.92 Å². The molecule has 0 amide bonds. The predicted molar refractivity (Wildman–Crippen MR) is 69.9 cm³/mol. The highest BCUT2D eigenvalue weighted by atomic mass is 15.1. The molecule has 0 radical (unpaired) electrons. The maximum absolute atomic E-state index is 4.78. The van der Waals surface area contributed by atoms with Gasteiger partial charge in [-0.05, 0) is 19.3 Å². The number of imidazole rings is 1. The molecule has 2 heterocycles. The Kier molecular flexibility index (Phi) is 2.50. The zero-order valence-corrected chi connectivity index (χ0v) is 10.4. The lowest BCUT2D eigenvalue weighted by Crippen LogP contribution is -2.20. The molecule has 1 aromatic heterocycles. The Hall–Kier alpha value is -1.57. The summed E-state index contributed by atoms with van der Waals surface area (Å²) in [6.07, 6.45) is 4.58. The summed E-state index contributed by atoms with van der Waals surface area (Å²) < 4.78 is 2.35. The molecule has 0 bridgehead atoms. The van der Waals surface area contributed by atoms with Crippen LogP contribution in [-0.4, -0.2) is 9.55 Å². The zero-order chi connectivity index (χ0) is 11.8. The van der Waals surface area contributed by atoms with Crippen molar-refractivity contribution in [3.8, 4) is 11.3 Å². The normalized spacial score (nSPS) is 23.4. The Labute approximate surface area is 102 Å². The van der Waals surface area contributed by atoms with Crippen LogP contribution in [0.4, 0.5) is 0 Å². The van der Waals surface area contributed by atoms with Crippen LogP contribution in [0.5, 0.6) is 0 Å². The van der Waals surface area contributed by atoms with Gasteiger partial charge in [-0.3, -0.25) is 0 Å². The van der Waals surface area contributed by atoms with Crippen molar-refractivity contribution in [2.75, 3.05) is 0 Å². The Morgan fingerprint density at radius 3 is 2.71 bits per heavy atom. The third-order valence-electron chi connectivity index (χ3n) is 3.63. The van der Waals surface area contributed by atoms with Crippen molar-refractivity contribution in [2.45, 2.75) is 32.7 Å². The molecule has 1 aliphatic rings. The summed E-state index contributed by atoms with van der Waals surface area (Å²) in [5.41, 5.74) is 2.33. The number of benzene rings is 1. The van der Waals surface area contributed by atoms with Crippen LogP contribution in [0.2, 0.25) is 0 Å². The molecule has 2 heteroatoms. The van der Waals surface area contributed by atoms with Gasteiger partial charge in [-0.25, -0.2) is 4.98 Å². The maximum atomic E-state index is 4.78. The molecule has 0 spiro atoms. The number of aromatic nitrogens is 2. The van der Waals surface area contributed by atoms with Crippen molar-refractivity contribution in [1.82, 2.24) is 9.55 Å². The van der Waals surface area contributed by atoms with Crippen LogP contribution < -0.4 is 0 Å². The molecule has 0 aliphatic carbocycles. The second-order valence-corrected chi connectivity index (χ2v) is 5.21. The minimum Gasteiger partial charge on any atom is -0.331 e. The van der Waals surface area contributed by atoms with E-state index in [0.29, 0.717) is 6.04 Å². The standard InChI is InChI=1S/C15H18N2/c1-11-8-12(2)17-10-14(16-15(17)9-11)13-6-4-3-5-7-13/h3-7,10-12H,8-9H2,1-2H3. The quantitative estimate of drug-likeness (QED) is 0.725. The van der Waals surface area contributed by atoms with Crippen molar-refractivity contribution >= 4 is 0 Å². The van der Waals surface area contributed by atoms with E-state index in [-0.39, 0.29) is 0 Å². The highest BCUT2D eigenvalue weighted by Crippen LogP contribution is 2.30. The average molecular weight is 226 g/mol. The van der Waals surface area contributed by atoms with Crippen LogP contribution in [0.1, 0.15) is 32.1 Å². The van der Waals surface area contributed by atoms with Crippen molar-refractivity contribution in [3.05, 3.63) is 42.4 Å². The number of hydrogen-bond donors (Lipinski definition) is 0. The lowest BCUT2D eigenvalue weighted by Gasteiger charge is -2.26. The maximum Gasteiger partial charge on any atom is 0.109 e. The summed E-state index contributed by atoms with van der Waals surface area (Å²) >= 11 is 0. The summed E-state index contributed by atoms with van der Waals surface area (Å²) in [5.74, 6) is 2.00. The van der Waals surface area contributed by atoms with Gasteiger partial charge in [0.1, 0.15) is 5.82 Å². The van der Waals surface area contributed by atoms with Crippen LogP contribution in [-0.2, 0) is 6.42 Å². The molecule has 88 valence electrons. The minimum absolute atomic E-state index is 0.582. The molecule has 2 nitrogen and oxygen atoms in total. The monoisotopic (exact) mass is 226 g/mol. The molecule has 2 aromatic rings. The molecular weight excluding hydrogens is 208 g/mol. The van der Waals surface area contributed by atoms with Gasteiger partial charge in [0.05, 0.1) is 5.69 Å². The van der Waals surface area contributed by atoms with Crippen molar-refractivity contribution in [3.63, 3.8) is 0 Å². The first-order chi connectivity index (χ1) is 8.24. The van der Waals surface area contributed by atoms with Crippen LogP contribution in [0.25, 0.3) is 11.3 Å². The Balaban J connectivity index is 2.03. The summed E-state index contributed by atoms with van der Waals surface area (Å²) in [6.45, 7) is 4.60. The van der Waals surface area contributed by atoms with Gasteiger partial charge >= 0.3 is 0 Å². The van der Waals surface area contributed by atoms with E-state index in [4.69, 9.17) is 4.98 Å². The average Bonchev–Trinajstić information content (AvgIpc) is 2.74. The Morgan fingerprint density at radius 2 is 1.94 bits per heavy atom. The molecule has 3 rings (SSSR count). The molecule has 2 atom stereocenters. The molecule has 0 N–H and O–H groups in total. The first kappa shape index (κ1) is 10.6. The van der Waals surface area contributed by atoms with Gasteiger partial charge in [0.25, 0.3) is 0 Å². The Bertz CT molecular complexity index is 513.